The molecule has 8 heteroatoms. The number of hydrogen-bond donors (Lipinski definition) is 0. The van der Waals surface area contributed by atoms with Gasteiger partial charge in [-0.2, -0.15) is 4.98 Å². The summed E-state index contributed by atoms with van der Waals surface area (Å²) in [5.74, 6) is 1.22. The SMILES string of the molecule is Cc1nc(C2CCCN(C(=O)c3cc(Cl)sc3Cl)C2)no1. The van der Waals surface area contributed by atoms with Crippen LogP contribution >= 0.6 is 34.5 Å². The Balaban J connectivity index is 1.77. The normalized spacial score (nSPS) is 19.0. The van der Waals surface area contributed by atoms with Gasteiger partial charge in [-0.3, -0.25) is 4.79 Å². The van der Waals surface area contributed by atoms with Crippen LogP contribution in [-0.4, -0.2) is 34.0 Å². The number of halogens is 2. The molecule has 0 radical (unpaired) electrons. The van der Waals surface area contributed by atoms with Crippen molar-refractivity contribution >= 4 is 40.4 Å². The highest BCUT2D eigenvalue weighted by Crippen LogP contribution is 2.33. The van der Waals surface area contributed by atoms with Crippen molar-refractivity contribution in [1.29, 1.82) is 0 Å². The van der Waals surface area contributed by atoms with Crippen LogP contribution in [0.25, 0.3) is 0 Å². The van der Waals surface area contributed by atoms with E-state index in [4.69, 9.17) is 27.7 Å². The highest BCUT2D eigenvalue weighted by atomic mass is 35.5. The van der Waals surface area contributed by atoms with E-state index in [1.54, 1.807) is 17.9 Å². The predicted octanol–water partition coefficient (Wildman–Crippen LogP) is 3.77. The van der Waals surface area contributed by atoms with Crippen LogP contribution in [0, 0.1) is 6.92 Å². The lowest BCUT2D eigenvalue weighted by Crippen LogP contribution is -2.39. The van der Waals surface area contributed by atoms with E-state index >= 15 is 0 Å². The van der Waals surface area contributed by atoms with Crippen molar-refractivity contribution in [3.8, 4) is 0 Å². The van der Waals surface area contributed by atoms with E-state index in [0.717, 1.165) is 12.8 Å². The second kappa shape index (κ2) is 5.94. The number of aryl methyl sites for hydroxylation is 1. The van der Waals surface area contributed by atoms with Gasteiger partial charge in [0.25, 0.3) is 5.91 Å². The van der Waals surface area contributed by atoms with Crippen molar-refractivity contribution in [3.63, 3.8) is 0 Å². The first-order chi connectivity index (χ1) is 10.0. The summed E-state index contributed by atoms with van der Waals surface area (Å²) in [5.41, 5.74) is 0.469. The maximum absolute atomic E-state index is 12.5. The largest absolute Gasteiger partial charge is 0.340 e. The summed E-state index contributed by atoms with van der Waals surface area (Å²) >= 11 is 13.2. The lowest BCUT2D eigenvalue weighted by atomic mass is 9.97. The van der Waals surface area contributed by atoms with Crippen molar-refractivity contribution in [2.75, 3.05) is 13.1 Å². The van der Waals surface area contributed by atoms with Crippen LogP contribution in [0.3, 0.4) is 0 Å². The molecule has 3 rings (SSSR count). The molecular weight excluding hydrogens is 333 g/mol. The molecule has 0 saturated carbocycles. The number of aromatic nitrogens is 2. The maximum atomic E-state index is 12.5. The fourth-order valence-electron chi connectivity index (χ4n) is 2.51. The molecule has 0 aliphatic carbocycles. The number of carbonyl (C=O) groups is 1. The molecule has 112 valence electrons. The summed E-state index contributed by atoms with van der Waals surface area (Å²) in [5, 5.41) is 3.96. The molecule has 3 heterocycles. The molecule has 2 aromatic rings. The van der Waals surface area contributed by atoms with Gasteiger partial charge in [0.1, 0.15) is 4.34 Å². The molecule has 1 amide bonds. The van der Waals surface area contributed by atoms with Gasteiger partial charge in [-0.05, 0) is 18.9 Å². The van der Waals surface area contributed by atoms with E-state index in [-0.39, 0.29) is 11.8 Å². The number of likely N-dealkylation sites (tertiary alicyclic amines) is 1. The van der Waals surface area contributed by atoms with Crippen LogP contribution < -0.4 is 0 Å². The van der Waals surface area contributed by atoms with Gasteiger partial charge in [-0.1, -0.05) is 28.4 Å². The average Bonchev–Trinajstić information content (AvgIpc) is 3.04. The number of carbonyl (C=O) groups excluding carboxylic acids is 1. The Morgan fingerprint density at radius 2 is 2.33 bits per heavy atom. The number of thiophene rings is 1. The summed E-state index contributed by atoms with van der Waals surface area (Å²) in [4.78, 5) is 18.6. The van der Waals surface area contributed by atoms with Crippen LogP contribution in [0.4, 0.5) is 0 Å². The van der Waals surface area contributed by atoms with Gasteiger partial charge >= 0.3 is 0 Å². The van der Waals surface area contributed by atoms with Crippen molar-refractivity contribution < 1.29 is 9.32 Å². The van der Waals surface area contributed by atoms with Crippen molar-refractivity contribution in [2.24, 2.45) is 0 Å². The van der Waals surface area contributed by atoms with Gasteiger partial charge < -0.3 is 9.42 Å². The molecule has 5 nitrogen and oxygen atoms in total. The minimum atomic E-state index is -0.0898. The monoisotopic (exact) mass is 345 g/mol. The lowest BCUT2D eigenvalue weighted by molar-refractivity contribution is 0.0704. The molecule has 0 aromatic carbocycles. The molecule has 1 saturated heterocycles. The van der Waals surface area contributed by atoms with E-state index in [2.05, 4.69) is 10.1 Å². The molecule has 0 bridgehead atoms. The molecule has 1 atom stereocenters. The lowest BCUT2D eigenvalue weighted by Gasteiger charge is -2.31. The Bertz CT molecular complexity index is 670. The highest BCUT2D eigenvalue weighted by molar-refractivity contribution is 7.20. The van der Waals surface area contributed by atoms with Crippen molar-refractivity contribution in [2.45, 2.75) is 25.7 Å². The molecule has 1 unspecified atom stereocenters. The third-order valence-electron chi connectivity index (χ3n) is 3.50. The highest BCUT2D eigenvalue weighted by Gasteiger charge is 2.29. The summed E-state index contributed by atoms with van der Waals surface area (Å²) < 4.78 is 5.97. The quantitative estimate of drug-likeness (QED) is 0.831. The Morgan fingerprint density at radius 1 is 1.52 bits per heavy atom. The Morgan fingerprint density at radius 3 is 2.95 bits per heavy atom. The Hall–Kier alpha value is -1.11. The third-order valence-corrected chi connectivity index (χ3v) is 4.99. The zero-order valence-corrected chi connectivity index (χ0v) is 13.6. The minimum absolute atomic E-state index is 0.0898. The molecule has 0 N–H and O–H groups in total. The van der Waals surface area contributed by atoms with Gasteiger partial charge in [0.15, 0.2) is 5.82 Å². The van der Waals surface area contributed by atoms with E-state index < -0.39 is 0 Å². The smallest absolute Gasteiger partial charge is 0.256 e. The molecule has 0 spiro atoms. The topological polar surface area (TPSA) is 59.2 Å². The standard InChI is InChI=1S/C13H13Cl2N3O2S/c1-7-16-12(17-20-7)8-3-2-4-18(6-8)13(19)9-5-10(14)21-11(9)15/h5,8H,2-4,6H2,1H3. The maximum Gasteiger partial charge on any atom is 0.256 e. The van der Waals surface area contributed by atoms with E-state index in [1.165, 1.54) is 11.3 Å². The van der Waals surface area contributed by atoms with E-state index in [1.807, 2.05) is 0 Å². The molecule has 1 aliphatic rings. The van der Waals surface area contributed by atoms with Gasteiger partial charge in [0.2, 0.25) is 5.89 Å². The van der Waals surface area contributed by atoms with Gasteiger partial charge in [-0.25, -0.2) is 0 Å². The second-order valence-corrected chi connectivity index (χ2v) is 7.29. The number of nitrogens with zero attached hydrogens (tertiary/aromatic N) is 3. The Labute approximate surface area is 135 Å². The minimum Gasteiger partial charge on any atom is -0.340 e. The van der Waals surface area contributed by atoms with Crippen LogP contribution in [0.1, 0.15) is 40.8 Å². The Kier molecular flexibility index (Phi) is 4.19. The fraction of sp³-hybridized carbons (Fsp3) is 0.462. The summed E-state index contributed by atoms with van der Waals surface area (Å²) in [6.45, 7) is 3.03. The number of amides is 1. The van der Waals surface area contributed by atoms with Crippen LogP contribution in [0.15, 0.2) is 10.6 Å². The van der Waals surface area contributed by atoms with Gasteiger partial charge in [-0.15, -0.1) is 11.3 Å². The first-order valence-electron chi connectivity index (χ1n) is 6.59. The first kappa shape index (κ1) is 14.8. The van der Waals surface area contributed by atoms with Gasteiger partial charge in [0, 0.05) is 25.9 Å². The summed E-state index contributed by atoms with van der Waals surface area (Å²) in [7, 11) is 0. The number of rotatable bonds is 2. The summed E-state index contributed by atoms with van der Waals surface area (Å²) in [6.07, 6.45) is 1.85. The zero-order valence-electron chi connectivity index (χ0n) is 11.3. The van der Waals surface area contributed by atoms with E-state index in [9.17, 15) is 4.79 Å². The summed E-state index contributed by atoms with van der Waals surface area (Å²) in [6, 6.07) is 1.62. The van der Waals surface area contributed by atoms with Crippen LogP contribution in [0.5, 0.6) is 0 Å². The molecule has 21 heavy (non-hydrogen) atoms. The van der Waals surface area contributed by atoms with Crippen LogP contribution in [0.2, 0.25) is 8.67 Å². The van der Waals surface area contributed by atoms with E-state index in [0.29, 0.717) is 39.0 Å². The molecular formula is C13H13Cl2N3O2S. The zero-order chi connectivity index (χ0) is 15.0. The number of piperidine rings is 1. The molecule has 1 aliphatic heterocycles. The van der Waals surface area contributed by atoms with Crippen molar-refractivity contribution in [1.82, 2.24) is 15.0 Å². The predicted molar refractivity (Wildman–Crippen MR) is 81.3 cm³/mol. The average molecular weight is 346 g/mol. The first-order valence-corrected chi connectivity index (χ1v) is 8.16. The van der Waals surface area contributed by atoms with Crippen molar-refractivity contribution in [3.05, 3.63) is 32.0 Å². The third kappa shape index (κ3) is 3.07. The molecule has 1 fully saturated rings. The fourth-order valence-corrected chi connectivity index (χ4v) is 3.96. The van der Waals surface area contributed by atoms with Crippen LogP contribution in [-0.2, 0) is 0 Å². The molecule has 2 aromatic heterocycles. The second-order valence-electron chi connectivity index (χ2n) is 5.00. The van der Waals surface area contributed by atoms with Gasteiger partial charge in [0.05, 0.1) is 9.90 Å². The number of hydrogen-bond acceptors (Lipinski definition) is 5.